The molecule has 3 rings (SSSR count). The number of amides is 1. The number of carbonyl (C=O) groups is 2. The summed E-state index contributed by atoms with van der Waals surface area (Å²) >= 11 is 1.11. The first-order valence-corrected chi connectivity index (χ1v) is 9.06. The summed E-state index contributed by atoms with van der Waals surface area (Å²) in [5.41, 5.74) is 1.86. The van der Waals surface area contributed by atoms with Gasteiger partial charge in [-0.1, -0.05) is 42.5 Å². The van der Waals surface area contributed by atoms with Crippen LogP contribution in [0.25, 0.3) is 10.6 Å². The Morgan fingerprint density at radius 1 is 1.19 bits per heavy atom. The first kappa shape index (κ1) is 18.7. The van der Waals surface area contributed by atoms with Crippen LogP contribution in [0.3, 0.4) is 0 Å². The number of benzene rings is 2. The number of aliphatic carboxylic acids is 1. The molecule has 0 aliphatic carbocycles. The van der Waals surface area contributed by atoms with Crippen molar-refractivity contribution in [2.45, 2.75) is 19.4 Å². The summed E-state index contributed by atoms with van der Waals surface area (Å²) in [7, 11) is 0. The van der Waals surface area contributed by atoms with Gasteiger partial charge in [0.15, 0.2) is 0 Å². The minimum Gasteiger partial charge on any atom is -0.480 e. The van der Waals surface area contributed by atoms with E-state index in [0.29, 0.717) is 21.1 Å². The van der Waals surface area contributed by atoms with Gasteiger partial charge in [-0.05, 0) is 24.6 Å². The molecule has 7 heteroatoms. The number of carboxylic acids is 1. The summed E-state index contributed by atoms with van der Waals surface area (Å²) < 4.78 is 13.4. The van der Waals surface area contributed by atoms with Gasteiger partial charge in [0.2, 0.25) is 0 Å². The lowest BCUT2D eigenvalue weighted by Crippen LogP contribution is -2.42. The van der Waals surface area contributed by atoms with Crippen LogP contribution in [0.2, 0.25) is 0 Å². The molecule has 5 nitrogen and oxygen atoms in total. The van der Waals surface area contributed by atoms with Crippen molar-refractivity contribution in [2.75, 3.05) is 0 Å². The van der Waals surface area contributed by atoms with Crippen LogP contribution in [0.5, 0.6) is 0 Å². The van der Waals surface area contributed by atoms with Crippen molar-refractivity contribution in [3.05, 3.63) is 76.5 Å². The van der Waals surface area contributed by atoms with Crippen LogP contribution in [-0.2, 0) is 11.2 Å². The monoisotopic (exact) mass is 384 g/mol. The van der Waals surface area contributed by atoms with E-state index in [1.165, 1.54) is 12.1 Å². The third kappa shape index (κ3) is 4.57. The smallest absolute Gasteiger partial charge is 0.326 e. The number of nitrogens with one attached hydrogen (secondary N) is 1. The first-order valence-electron chi connectivity index (χ1n) is 8.25. The molecule has 1 atom stereocenters. The Balaban J connectivity index is 1.79. The number of hydrogen-bond acceptors (Lipinski definition) is 4. The van der Waals surface area contributed by atoms with Crippen LogP contribution in [-0.4, -0.2) is 28.0 Å². The number of hydrogen-bond donors (Lipinski definition) is 2. The summed E-state index contributed by atoms with van der Waals surface area (Å²) in [6.45, 7) is 1.67. The van der Waals surface area contributed by atoms with Crippen LogP contribution >= 0.6 is 11.3 Å². The van der Waals surface area contributed by atoms with Crippen molar-refractivity contribution in [3.63, 3.8) is 0 Å². The third-order valence-corrected chi connectivity index (χ3v) is 5.17. The van der Waals surface area contributed by atoms with E-state index in [-0.39, 0.29) is 12.2 Å². The van der Waals surface area contributed by atoms with Gasteiger partial charge in [-0.15, -0.1) is 11.3 Å². The molecule has 0 spiro atoms. The topological polar surface area (TPSA) is 79.3 Å². The lowest BCUT2D eigenvalue weighted by atomic mass is 10.1. The molecule has 2 N–H and O–H groups in total. The van der Waals surface area contributed by atoms with Gasteiger partial charge in [-0.3, -0.25) is 4.79 Å². The van der Waals surface area contributed by atoms with E-state index in [4.69, 9.17) is 0 Å². The lowest BCUT2D eigenvalue weighted by Gasteiger charge is -2.14. The lowest BCUT2D eigenvalue weighted by molar-refractivity contribution is -0.139. The van der Waals surface area contributed by atoms with E-state index in [1.54, 1.807) is 19.1 Å². The molecule has 0 saturated carbocycles. The van der Waals surface area contributed by atoms with E-state index < -0.39 is 17.9 Å². The fraction of sp³-hybridized carbons (Fsp3) is 0.150. The molecular formula is C20H17FN2O3S. The number of aryl methyl sites for hydroxylation is 1. The zero-order chi connectivity index (χ0) is 19.4. The highest BCUT2D eigenvalue weighted by atomic mass is 32.1. The van der Waals surface area contributed by atoms with Crippen molar-refractivity contribution < 1.29 is 19.1 Å². The number of rotatable bonds is 6. The van der Waals surface area contributed by atoms with Gasteiger partial charge < -0.3 is 10.4 Å². The predicted octanol–water partition coefficient (Wildman–Crippen LogP) is 3.68. The quantitative estimate of drug-likeness (QED) is 0.679. The Morgan fingerprint density at radius 2 is 1.93 bits per heavy atom. The van der Waals surface area contributed by atoms with Crippen LogP contribution in [0, 0.1) is 12.7 Å². The molecule has 1 heterocycles. The zero-order valence-electron chi connectivity index (χ0n) is 14.5. The average molecular weight is 384 g/mol. The Bertz CT molecular complexity index is 972. The van der Waals surface area contributed by atoms with E-state index >= 15 is 0 Å². The number of carbonyl (C=O) groups excluding carboxylic acids is 1. The Hall–Kier alpha value is -3.06. The fourth-order valence-electron chi connectivity index (χ4n) is 2.63. The molecule has 0 aliphatic rings. The van der Waals surface area contributed by atoms with Crippen molar-refractivity contribution in [1.29, 1.82) is 0 Å². The second-order valence-electron chi connectivity index (χ2n) is 6.00. The highest BCUT2D eigenvalue weighted by molar-refractivity contribution is 7.17. The van der Waals surface area contributed by atoms with Gasteiger partial charge in [0.1, 0.15) is 21.7 Å². The minimum atomic E-state index is -1.11. The molecule has 1 amide bonds. The fourth-order valence-corrected chi connectivity index (χ4v) is 3.59. The van der Waals surface area contributed by atoms with Gasteiger partial charge in [0.25, 0.3) is 5.91 Å². The molecule has 0 unspecified atom stereocenters. The molecule has 1 aromatic heterocycles. The maximum atomic E-state index is 13.4. The number of halogens is 1. The van der Waals surface area contributed by atoms with E-state index in [2.05, 4.69) is 10.3 Å². The van der Waals surface area contributed by atoms with Gasteiger partial charge >= 0.3 is 5.97 Å². The molecule has 27 heavy (non-hydrogen) atoms. The van der Waals surface area contributed by atoms with Crippen LogP contribution in [0.1, 0.15) is 20.9 Å². The molecule has 0 aliphatic heterocycles. The summed E-state index contributed by atoms with van der Waals surface area (Å²) in [6.07, 6.45) is 0.177. The molecule has 0 bridgehead atoms. The van der Waals surface area contributed by atoms with E-state index in [1.807, 2.05) is 30.3 Å². The third-order valence-electron chi connectivity index (χ3n) is 3.96. The van der Waals surface area contributed by atoms with E-state index in [0.717, 1.165) is 16.9 Å². The highest BCUT2D eigenvalue weighted by Gasteiger charge is 2.24. The summed E-state index contributed by atoms with van der Waals surface area (Å²) in [4.78, 5) is 28.8. The Kier molecular flexibility index (Phi) is 5.61. The Labute approximate surface area is 159 Å². The number of aromatic nitrogens is 1. The molecule has 2 aromatic carbocycles. The molecule has 0 radical (unpaired) electrons. The van der Waals surface area contributed by atoms with Crippen molar-refractivity contribution in [3.8, 4) is 10.6 Å². The molecule has 3 aromatic rings. The van der Waals surface area contributed by atoms with E-state index in [9.17, 15) is 19.1 Å². The number of carboxylic acid groups (broad SMARTS) is 1. The van der Waals surface area contributed by atoms with Gasteiger partial charge in [0, 0.05) is 12.0 Å². The second kappa shape index (κ2) is 8.09. The first-order chi connectivity index (χ1) is 12.9. The van der Waals surface area contributed by atoms with Gasteiger partial charge in [0.05, 0.1) is 5.69 Å². The Morgan fingerprint density at radius 3 is 2.59 bits per heavy atom. The average Bonchev–Trinajstić information content (AvgIpc) is 3.04. The van der Waals surface area contributed by atoms with Gasteiger partial charge in [-0.25, -0.2) is 14.2 Å². The molecule has 0 saturated heterocycles. The summed E-state index contributed by atoms with van der Waals surface area (Å²) in [6, 6.07) is 14.0. The van der Waals surface area contributed by atoms with Crippen molar-refractivity contribution in [2.24, 2.45) is 0 Å². The predicted molar refractivity (Wildman–Crippen MR) is 101 cm³/mol. The SMILES string of the molecule is Cc1nc(-c2cccc(F)c2)sc1C(=O)N[C@H](Cc1ccccc1)C(=O)O. The molecular weight excluding hydrogens is 367 g/mol. The zero-order valence-corrected chi connectivity index (χ0v) is 15.3. The number of thiazole rings is 1. The summed E-state index contributed by atoms with van der Waals surface area (Å²) in [5.74, 6) is -2.00. The van der Waals surface area contributed by atoms with Crippen molar-refractivity contribution in [1.82, 2.24) is 10.3 Å². The highest BCUT2D eigenvalue weighted by Crippen LogP contribution is 2.28. The second-order valence-corrected chi connectivity index (χ2v) is 7.00. The minimum absolute atomic E-state index is 0.177. The van der Waals surface area contributed by atoms with Crippen LogP contribution in [0.15, 0.2) is 54.6 Å². The maximum absolute atomic E-state index is 13.4. The molecule has 0 fully saturated rings. The van der Waals surface area contributed by atoms with Crippen LogP contribution < -0.4 is 5.32 Å². The molecule has 138 valence electrons. The largest absolute Gasteiger partial charge is 0.480 e. The van der Waals surface area contributed by atoms with Crippen molar-refractivity contribution >= 4 is 23.2 Å². The van der Waals surface area contributed by atoms with Crippen LogP contribution in [0.4, 0.5) is 4.39 Å². The number of nitrogens with zero attached hydrogens (tertiary/aromatic N) is 1. The standard InChI is InChI=1S/C20H17FN2O3S/c1-12-17(27-19(22-12)14-8-5-9-15(21)11-14)18(24)23-16(20(25)26)10-13-6-3-2-4-7-13/h2-9,11,16H,10H2,1H3,(H,23,24)(H,25,26)/t16-/m1/s1. The summed E-state index contributed by atoms with van der Waals surface area (Å²) in [5, 5.41) is 12.5. The maximum Gasteiger partial charge on any atom is 0.326 e. The van der Waals surface area contributed by atoms with Gasteiger partial charge in [-0.2, -0.15) is 0 Å². The normalized spacial score (nSPS) is 11.8.